The van der Waals surface area contributed by atoms with Gasteiger partial charge in [0.15, 0.2) is 0 Å². The van der Waals surface area contributed by atoms with E-state index in [1.165, 1.54) is 0 Å². The predicted molar refractivity (Wildman–Crippen MR) is 107 cm³/mol. The summed E-state index contributed by atoms with van der Waals surface area (Å²) in [6.07, 6.45) is 0. The van der Waals surface area contributed by atoms with E-state index in [2.05, 4.69) is 10.6 Å². The van der Waals surface area contributed by atoms with E-state index in [1.54, 1.807) is 23.1 Å². The van der Waals surface area contributed by atoms with Gasteiger partial charge in [0.2, 0.25) is 11.8 Å². The first-order valence-electron chi connectivity index (χ1n) is 8.65. The zero-order chi connectivity index (χ0) is 20.5. The van der Waals surface area contributed by atoms with Crippen LogP contribution in [-0.4, -0.2) is 42.5 Å². The number of nitrogens with zero attached hydrogens (tertiary/aromatic N) is 1. The van der Waals surface area contributed by atoms with E-state index in [0.717, 1.165) is 16.8 Å². The second-order valence-corrected chi connectivity index (χ2v) is 6.66. The lowest BCUT2D eigenvalue weighted by Crippen LogP contribution is -2.44. The van der Waals surface area contributed by atoms with Crippen LogP contribution in [0.15, 0.2) is 48.5 Å². The summed E-state index contributed by atoms with van der Waals surface area (Å²) in [5, 5.41) is 14.4. The largest absolute Gasteiger partial charge is 0.480 e. The minimum atomic E-state index is -1.13. The normalized spacial score (nSPS) is 10.2. The van der Waals surface area contributed by atoms with Crippen LogP contribution in [0.25, 0.3) is 0 Å². The molecule has 2 rings (SSSR count). The van der Waals surface area contributed by atoms with Gasteiger partial charge in [0.25, 0.3) is 0 Å². The maximum absolute atomic E-state index is 12.4. The quantitative estimate of drug-likeness (QED) is 0.594. The maximum atomic E-state index is 12.4. The van der Waals surface area contributed by atoms with E-state index in [1.807, 2.05) is 37.3 Å². The summed E-state index contributed by atoms with van der Waals surface area (Å²) in [4.78, 5) is 36.8. The SMILES string of the molecule is Cc1ccccc1N(CC(=O)NCC(=O)O)CC(=O)NCc1cccc(Cl)c1. The van der Waals surface area contributed by atoms with Crippen LogP contribution in [0, 0.1) is 6.92 Å². The van der Waals surface area contributed by atoms with E-state index in [9.17, 15) is 14.4 Å². The first-order chi connectivity index (χ1) is 13.3. The fraction of sp³-hybridized carbons (Fsp3) is 0.250. The number of hydrogen-bond acceptors (Lipinski definition) is 4. The Kier molecular flexibility index (Phi) is 7.83. The van der Waals surface area contributed by atoms with E-state index < -0.39 is 18.4 Å². The van der Waals surface area contributed by atoms with Crippen LogP contribution < -0.4 is 15.5 Å². The van der Waals surface area contributed by atoms with Crippen molar-refractivity contribution in [3.63, 3.8) is 0 Å². The number of amides is 2. The molecule has 8 heteroatoms. The molecule has 0 spiro atoms. The molecule has 0 atom stereocenters. The highest BCUT2D eigenvalue weighted by molar-refractivity contribution is 6.30. The zero-order valence-corrected chi connectivity index (χ0v) is 16.2. The molecule has 0 saturated carbocycles. The van der Waals surface area contributed by atoms with Gasteiger partial charge < -0.3 is 20.6 Å². The number of aryl methyl sites for hydroxylation is 1. The minimum Gasteiger partial charge on any atom is -0.480 e. The Bertz CT molecular complexity index is 857. The number of halogens is 1. The summed E-state index contributed by atoms with van der Waals surface area (Å²) in [7, 11) is 0. The van der Waals surface area contributed by atoms with Gasteiger partial charge in [0.05, 0.1) is 13.1 Å². The highest BCUT2D eigenvalue weighted by Gasteiger charge is 2.17. The number of para-hydroxylation sites is 1. The second kappa shape index (κ2) is 10.3. The van der Waals surface area contributed by atoms with Crippen LogP contribution in [0.3, 0.4) is 0 Å². The molecule has 28 heavy (non-hydrogen) atoms. The van der Waals surface area contributed by atoms with Crippen molar-refractivity contribution >= 4 is 35.1 Å². The molecular formula is C20H22ClN3O4. The van der Waals surface area contributed by atoms with Gasteiger partial charge >= 0.3 is 5.97 Å². The standard InChI is InChI=1S/C20H22ClN3O4/c1-14-5-2-3-8-17(14)24(13-19(26)23-11-20(27)28)12-18(25)22-10-15-6-4-7-16(21)9-15/h2-9H,10-13H2,1H3,(H,22,25)(H,23,26)(H,27,28). The molecular weight excluding hydrogens is 382 g/mol. The van der Waals surface area contributed by atoms with Crippen LogP contribution in [0.2, 0.25) is 5.02 Å². The summed E-state index contributed by atoms with van der Waals surface area (Å²) in [5.74, 6) is -1.88. The topological polar surface area (TPSA) is 98.7 Å². The molecule has 0 aliphatic rings. The van der Waals surface area contributed by atoms with Gasteiger partial charge in [-0.15, -0.1) is 0 Å². The lowest BCUT2D eigenvalue weighted by molar-refractivity contribution is -0.137. The fourth-order valence-electron chi connectivity index (χ4n) is 2.62. The Morgan fingerprint density at radius 1 is 1.00 bits per heavy atom. The average molecular weight is 404 g/mol. The molecule has 0 unspecified atom stereocenters. The minimum absolute atomic E-state index is 0.0497. The number of nitrogens with one attached hydrogen (secondary N) is 2. The highest BCUT2D eigenvalue weighted by Crippen LogP contribution is 2.19. The number of rotatable bonds is 9. The van der Waals surface area contributed by atoms with Gasteiger partial charge in [-0.25, -0.2) is 0 Å². The molecule has 0 aliphatic carbocycles. The van der Waals surface area contributed by atoms with Crippen LogP contribution in [-0.2, 0) is 20.9 Å². The van der Waals surface area contributed by atoms with Gasteiger partial charge in [0.1, 0.15) is 6.54 Å². The number of carboxylic acid groups (broad SMARTS) is 1. The number of carbonyl (C=O) groups is 3. The summed E-state index contributed by atoms with van der Waals surface area (Å²) < 4.78 is 0. The molecule has 2 aromatic carbocycles. The van der Waals surface area contributed by atoms with Crippen molar-refractivity contribution in [2.75, 3.05) is 24.5 Å². The molecule has 7 nitrogen and oxygen atoms in total. The molecule has 0 aromatic heterocycles. The fourth-order valence-corrected chi connectivity index (χ4v) is 2.84. The molecule has 2 aromatic rings. The Morgan fingerprint density at radius 3 is 2.32 bits per heavy atom. The van der Waals surface area contributed by atoms with Crippen molar-refractivity contribution in [2.24, 2.45) is 0 Å². The molecule has 0 fully saturated rings. The van der Waals surface area contributed by atoms with Crippen LogP contribution >= 0.6 is 11.6 Å². The van der Waals surface area contributed by atoms with Gasteiger partial charge in [-0.1, -0.05) is 41.9 Å². The smallest absolute Gasteiger partial charge is 0.322 e. The number of carboxylic acids is 1. The Morgan fingerprint density at radius 2 is 1.68 bits per heavy atom. The monoisotopic (exact) mass is 403 g/mol. The average Bonchev–Trinajstić information content (AvgIpc) is 2.65. The van der Waals surface area contributed by atoms with E-state index >= 15 is 0 Å². The second-order valence-electron chi connectivity index (χ2n) is 6.22. The lowest BCUT2D eigenvalue weighted by atomic mass is 10.1. The Hall–Kier alpha value is -3.06. The summed E-state index contributed by atoms with van der Waals surface area (Å²) in [5.41, 5.74) is 2.49. The van der Waals surface area contributed by atoms with Crippen molar-refractivity contribution < 1.29 is 19.5 Å². The number of carbonyl (C=O) groups excluding carboxylic acids is 2. The number of benzene rings is 2. The number of anilines is 1. The molecule has 0 aliphatic heterocycles. The van der Waals surface area contributed by atoms with Crippen LogP contribution in [0.5, 0.6) is 0 Å². The number of hydrogen-bond donors (Lipinski definition) is 3. The van der Waals surface area contributed by atoms with E-state index in [-0.39, 0.29) is 19.0 Å². The molecule has 0 radical (unpaired) electrons. The Balaban J connectivity index is 2.04. The summed E-state index contributed by atoms with van der Waals surface area (Å²) in [6.45, 7) is 1.53. The van der Waals surface area contributed by atoms with Gasteiger partial charge in [-0.2, -0.15) is 0 Å². The maximum Gasteiger partial charge on any atom is 0.322 e. The first-order valence-corrected chi connectivity index (χ1v) is 9.03. The molecule has 2 amide bonds. The molecule has 148 valence electrons. The molecule has 0 heterocycles. The zero-order valence-electron chi connectivity index (χ0n) is 15.4. The number of aliphatic carboxylic acids is 1. The summed E-state index contributed by atoms with van der Waals surface area (Å²) >= 11 is 5.94. The predicted octanol–water partition coefficient (Wildman–Crippen LogP) is 1.97. The summed E-state index contributed by atoms with van der Waals surface area (Å²) in [6, 6.07) is 14.5. The van der Waals surface area contributed by atoms with Crippen LogP contribution in [0.1, 0.15) is 11.1 Å². The Labute approximate surface area is 168 Å². The van der Waals surface area contributed by atoms with Crippen molar-refractivity contribution in [1.29, 1.82) is 0 Å². The third-order valence-electron chi connectivity index (χ3n) is 3.94. The molecule has 0 bridgehead atoms. The van der Waals surface area contributed by atoms with E-state index in [4.69, 9.17) is 16.7 Å². The third-order valence-corrected chi connectivity index (χ3v) is 4.18. The van der Waals surface area contributed by atoms with E-state index in [0.29, 0.717) is 11.6 Å². The van der Waals surface area contributed by atoms with Crippen molar-refractivity contribution in [2.45, 2.75) is 13.5 Å². The van der Waals surface area contributed by atoms with Gasteiger partial charge in [-0.05, 0) is 36.2 Å². The van der Waals surface area contributed by atoms with Gasteiger partial charge in [-0.3, -0.25) is 14.4 Å². The van der Waals surface area contributed by atoms with Gasteiger partial charge in [0, 0.05) is 17.3 Å². The highest BCUT2D eigenvalue weighted by atomic mass is 35.5. The first kappa shape index (κ1) is 21.2. The van der Waals surface area contributed by atoms with Crippen molar-refractivity contribution in [1.82, 2.24) is 10.6 Å². The van der Waals surface area contributed by atoms with Crippen molar-refractivity contribution in [3.8, 4) is 0 Å². The van der Waals surface area contributed by atoms with Crippen LogP contribution in [0.4, 0.5) is 5.69 Å². The van der Waals surface area contributed by atoms with Crippen molar-refractivity contribution in [3.05, 3.63) is 64.7 Å². The third kappa shape index (κ3) is 6.92. The molecule has 3 N–H and O–H groups in total. The lowest BCUT2D eigenvalue weighted by Gasteiger charge is -2.25. The molecule has 0 saturated heterocycles.